The minimum absolute atomic E-state index is 0.0129. The van der Waals surface area contributed by atoms with Gasteiger partial charge >= 0.3 is 0 Å². The molecule has 3 nitrogen and oxygen atoms in total. The van der Waals surface area contributed by atoms with Crippen LogP contribution < -0.4 is 0 Å². The Morgan fingerprint density at radius 3 is 2.67 bits per heavy atom. The molecule has 2 aliphatic rings. The van der Waals surface area contributed by atoms with Gasteiger partial charge in [-0.1, -0.05) is 6.42 Å². The molecule has 1 saturated heterocycles. The predicted molar refractivity (Wildman–Crippen MR) is 58.8 cm³/mol. The number of carbonyl (C=O) groups is 1. The molecule has 4 heteroatoms. The van der Waals surface area contributed by atoms with Crippen LogP contribution in [0.3, 0.4) is 0 Å². The summed E-state index contributed by atoms with van der Waals surface area (Å²) in [5, 5.41) is 8.89. The molecule has 0 aromatic carbocycles. The summed E-state index contributed by atoms with van der Waals surface area (Å²) in [6, 6.07) is 0. The van der Waals surface area contributed by atoms with Crippen molar-refractivity contribution >= 4 is 17.5 Å². The van der Waals surface area contributed by atoms with Crippen molar-refractivity contribution in [3.05, 3.63) is 0 Å². The SMILES string of the molecule is C[C@@H](Cl)C(=O)N1C[C@H](CO)C2(CCC2)C1. The summed E-state index contributed by atoms with van der Waals surface area (Å²) < 4.78 is 0. The van der Waals surface area contributed by atoms with Crippen LogP contribution in [0.2, 0.25) is 0 Å². The molecule has 0 bridgehead atoms. The van der Waals surface area contributed by atoms with Crippen LogP contribution in [0.15, 0.2) is 0 Å². The van der Waals surface area contributed by atoms with E-state index >= 15 is 0 Å². The van der Waals surface area contributed by atoms with Gasteiger partial charge in [0.05, 0.1) is 0 Å². The van der Waals surface area contributed by atoms with Crippen LogP contribution in [0.1, 0.15) is 26.2 Å². The van der Waals surface area contributed by atoms with Crippen molar-refractivity contribution in [2.45, 2.75) is 31.6 Å². The number of nitrogens with zero attached hydrogens (tertiary/aromatic N) is 1. The molecule has 2 fully saturated rings. The highest BCUT2D eigenvalue weighted by molar-refractivity contribution is 6.30. The minimum atomic E-state index is -0.445. The fourth-order valence-electron chi connectivity index (χ4n) is 2.90. The van der Waals surface area contributed by atoms with Crippen molar-refractivity contribution in [2.75, 3.05) is 19.7 Å². The molecular weight excluding hydrogens is 214 g/mol. The van der Waals surface area contributed by atoms with Crippen molar-refractivity contribution in [1.29, 1.82) is 0 Å². The number of aliphatic hydroxyl groups excluding tert-OH is 1. The summed E-state index contributed by atoms with van der Waals surface area (Å²) in [4.78, 5) is 13.6. The van der Waals surface area contributed by atoms with E-state index in [2.05, 4.69) is 0 Å². The zero-order valence-electron chi connectivity index (χ0n) is 9.08. The van der Waals surface area contributed by atoms with Crippen molar-refractivity contribution in [2.24, 2.45) is 11.3 Å². The third-order valence-electron chi connectivity index (χ3n) is 4.03. The van der Waals surface area contributed by atoms with Crippen LogP contribution in [-0.4, -0.2) is 41.0 Å². The summed E-state index contributed by atoms with van der Waals surface area (Å²) in [7, 11) is 0. The topological polar surface area (TPSA) is 40.5 Å². The van der Waals surface area contributed by atoms with Crippen molar-refractivity contribution < 1.29 is 9.90 Å². The van der Waals surface area contributed by atoms with E-state index in [0.717, 1.165) is 19.4 Å². The number of aliphatic hydroxyl groups is 1. The van der Waals surface area contributed by atoms with E-state index in [-0.39, 0.29) is 23.8 Å². The summed E-state index contributed by atoms with van der Waals surface area (Å²) in [5.74, 6) is 0.282. The maximum atomic E-state index is 11.7. The summed E-state index contributed by atoms with van der Waals surface area (Å²) in [6.07, 6.45) is 3.53. The molecule has 0 aromatic heterocycles. The zero-order chi connectivity index (χ0) is 11.1. The predicted octanol–water partition coefficient (Wildman–Crippen LogP) is 1.23. The molecule has 1 spiro atoms. The molecule has 1 saturated carbocycles. The fraction of sp³-hybridized carbons (Fsp3) is 0.909. The Morgan fingerprint density at radius 2 is 2.33 bits per heavy atom. The molecule has 2 rings (SSSR count). The second kappa shape index (κ2) is 3.95. The van der Waals surface area contributed by atoms with E-state index in [4.69, 9.17) is 11.6 Å². The molecular formula is C11H18ClNO2. The third kappa shape index (κ3) is 1.76. The number of carbonyl (C=O) groups excluding carboxylic acids is 1. The van der Waals surface area contributed by atoms with Gasteiger partial charge in [-0.2, -0.15) is 0 Å². The van der Waals surface area contributed by atoms with Crippen LogP contribution in [0.4, 0.5) is 0 Å². The van der Waals surface area contributed by atoms with Crippen LogP contribution in [-0.2, 0) is 4.79 Å². The van der Waals surface area contributed by atoms with Crippen molar-refractivity contribution in [1.82, 2.24) is 4.90 Å². The highest BCUT2D eigenvalue weighted by Gasteiger charge is 2.51. The van der Waals surface area contributed by atoms with E-state index in [1.165, 1.54) is 6.42 Å². The van der Waals surface area contributed by atoms with Gasteiger partial charge in [0.2, 0.25) is 5.91 Å². The Hall–Kier alpha value is -0.280. The van der Waals surface area contributed by atoms with E-state index in [0.29, 0.717) is 6.54 Å². The van der Waals surface area contributed by atoms with Crippen LogP contribution in [0.25, 0.3) is 0 Å². The van der Waals surface area contributed by atoms with E-state index < -0.39 is 5.38 Å². The molecule has 0 aromatic rings. The second-order valence-electron chi connectivity index (χ2n) is 4.93. The summed E-state index contributed by atoms with van der Waals surface area (Å²) in [5.41, 5.74) is 0.218. The lowest BCUT2D eigenvalue weighted by Gasteiger charge is -2.42. The Bertz CT molecular complexity index is 263. The van der Waals surface area contributed by atoms with Gasteiger partial charge in [0.25, 0.3) is 0 Å². The Kier molecular flexibility index (Phi) is 2.95. The first-order chi connectivity index (χ1) is 7.09. The van der Waals surface area contributed by atoms with Gasteiger partial charge < -0.3 is 10.0 Å². The van der Waals surface area contributed by atoms with Crippen molar-refractivity contribution in [3.63, 3.8) is 0 Å². The summed E-state index contributed by atoms with van der Waals surface area (Å²) >= 11 is 5.80. The van der Waals surface area contributed by atoms with Gasteiger partial charge in [0.15, 0.2) is 0 Å². The van der Waals surface area contributed by atoms with Crippen LogP contribution >= 0.6 is 11.6 Å². The Balaban J connectivity index is 2.05. The minimum Gasteiger partial charge on any atom is -0.396 e. The molecule has 1 amide bonds. The van der Waals surface area contributed by atoms with E-state index in [9.17, 15) is 9.90 Å². The van der Waals surface area contributed by atoms with Gasteiger partial charge in [-0.3, -0.25) is 4.79 Å². The maximum Gasteiger partial charge on any atom is 0.240 e. The van der Waals surface area contributed by atoms with Gasteiger partial charge in [-0.15, -0.1) is 11.6 Å². The van der Waals surface area contributed by atoms with E-state index in [1.807, 2.05) is 4.90 Å². The van der Waals surface area contributed by atoms with Crippen LogP contribution in [0, 0.1) is 11.3 Å². The molecule has 86 valence electrons. The van der Waals surface area contributed by atoms with Gasteiger partial charge in [-0.25, -0.2) is 0 Å². The van der Waals surface area contributed by atoms with E-state index in [1.54, 1.807) is 6.92 Å². The fourth-order valence-corrected chi connectivity index (χ4v) is 3.04. The standard InChI is InChI=1S/C11H18ClNO2/c1-8(12)10(15)13-5-9(6-14)11(7-13)3-2-4-11/h8-9,14H,2-7H2,1H3/t8-,9-/m1/s1. The van der Waals surface area contributed by atoms with Crippen molar-refractivity contribution in [3.8, 4) is 0 Å². The molecule has 15 heavy (non-hydrogen) atoms. The number of amides is 1. The molecule has 0 unspecified atom stereocenters. The first kappa shape index (κ1) is 11.2. The number of rotatable bonds is 2. The Labute approximate surface area is 95.4 Å². The quantitative estimate of drug-likeness (QED) is 0.727. The zero-order valence-corrected chi connectivity index (χ0v) is 9.83. The normalized spacial score (nSPS) is 30.3. The summed E-state index contributed by atoms with van der Waals surface area (Å²) in [6.45, 7) is 3.39. The lowest BCUT2D eigenvalue weighted by molar-refractivity contribution is -0.130. The number of alkyl halides is 1. The highest BCUT2D eigenvalue weighted by atomic mass is 35.5. The average molecular weight is 232 g/mol. The van der Waals surface area contributed by atoms with Crippen LogP contribution in [0.5, 0.6) is 0 Å². The van der Waals surface area contributed by atoms with Gasteiger partial charge in [0.1, 0.15) is 5.38 Å². The largest absolute Gasteiger partial charge is 0.396 e. The lowest BCUT2D eigenvalue weighted by atomic mass is 9.63. The lowest BCUT2D eigenvalue weighted by Crippen LogP contribution is -2.40. The molecule has 1 aliphatic heterocycles. The average Bonchev–Trinajstić information content (AvgIpc) is 2.55. The van der Waals surface area contributed by atoms with Gasteiger partial charge in [-0.05, 0) is 25.2 Å². The smallest absolute Gasteiger partial charge is 0.240 e. The highest BCUT2D eigenvalue weighted by Crippen LogP contribution is 2.51. The molecule has 2 atom stereocenters. The number of hydrogen-bond acceptors (Lipinski definition) is 2. The second-order valence-corrected chi connectivity index (χ2v) is 5.58. The van der Waals surface area contributed by atoms with Gasteiger partial charge in [0, 0.05) is 25.6 Å². The first-order valence-corrected chi connectivity index (χ1v) is 6.06. The number of likely N-dealkylation sites (tertiary alicyclic amines) is 1. The molecule has 0 radical (unpaired) electrons. The third-order valence-corrected chi connectivity index (χ3v) is 4.22. The molecule has 1 N–H and O–H groups in total. The number of halogens is 1. The first-order valence-electron chi connectivity index (χ1n) is 5.63. The molecule has 1 aliphatic carbocycles. The molecule has 1 heterocycles. The number of hydrogen-bond donors (Lipinski definition) is 1. The monoisotopic (exact) mass is 231 g/mol. The Morgan fingerprint density at radius 1 is 1.67 bits per heavy atom. The maximum absolute atomic E-state index is 11.7.